The van der Waals surface area contributed by atoms with E-state index in [1.54, 1.807) is 0 Å². The molecule has 0 fully saturated rings. The van der Waals surface area contributed by atoms with Crippen LogP contribution >= 0.6 is 0 Å². The van der Waals surface area contributed by atoms with Crippen LogP contribution in [-0.2, 0) is 16.0 Å². The number of nitrogens with zero attached hydrogens (tertiary/aromatic N) is 1. The maximum Gasteiger partial charge on any atom is 0.339 e. The Kier molecular flexibility index (Phi) is 5.23. The number of aromatic nitrogens is 1. The predicted molar refractivity (Wildman–Crippen MR) is 119 cm³/mol. The first-order valence-corrected chi connectivity index (χ1v) is 10.6. The molecule has 0 radical (unpaired) electrons. The van der Waals surface area contributed by atoms with E-state index >= 15 is 0 Å². The molecule has 1 amide bonds. The zero-order chi connectivity index (χ0) is 22.1. The first kappa shape index (κ1) is 20.1. The van der Waals surface area contributed by atoms with Crippen molar-refractivity contribution in [1.29, 1.82) is 0 Å². The lowest BCUT2D eigenvalue weighted by atomic mass is 10.0. The fraction of sp³-hybridized carbons (Fsp3) is 0.240. The Morgan fingerprint density at radius 2 is 1.97 bits per heavy atom. The fourth-order valence-electron chi connectivity index (χ4n) is 4.17. The Balaban J connectivity index is 1.54. The van der Waals surface area contributed by atoms with Crippen molar-refractivity contribution in [2.45, 2.75) is 19.8 Å². The molecule has 0 spiro atoms. The number of amides is 1. The average Bonchev–Trinajstić information content (AvgIpc) is 3.43. The van der Waals surface area contributed by atoms with E-state index in [0.29, 0.717) is 18.5 Å². The first-order valence-electron chi connectivity index (χ1n) is 10.6. The van der Waals surface area contributed by atoms with E-state index in [4.69, 9.17) is 19.2 Å². The third-order valence-electron chi connectivity index (χ3n) is 5.59. The topological polar surface area (TPSA) is 86.8 Å². The third kappa shape index (κ3) is 3.66. The molecule has 7 heteroatoms. The minimum Gasteiger partial charge on any atom is -0.454 e. The number of rotatable bonds is 5. The lowest BCUT2D eigenvalue weighted by Gasteiger charge is -2.12. The summed E-state index contributed by atoms with van der Waals surface area (Å²) in [6, 6.07) is 13.3. The molecule has 0 saturated carbocycles. The second-order valence-electron chi connectivity index (χ2n) is 7.64. The number of likely N-dealkylation sites (N-methyl/N-ethyl adjacent to an activating group) is 1. The Morgan fingerprint density at radius 1 is 1.12 bits per heavy atom. The minimum atomic E-state index is -0.504. The van der Waals surface area contributed by atoms with Gasteiger partial charge in [-0.1, -0.05) is 24.3 Å². The van der Waals surface area contributed by atoms with Gasteiger partial charge in [0.25, 0.3) is 5.91 Å². The van der Waals surface area contributed by atoms with Crippen LogP contribution in [0, 0.1) is 0 Å². The molecule has 2 aliphatic rings. The van der Waals surface area contributed by atoms with E-state index in [2.05, 4.69) is 11.4 Å². The predicted octanol–water partition coefficient (Wildman–Crippen LogP) is 3.74. The lowest BCUT2D eigenvalue weighted by molar-refractivity contribution is -0.124. The molecule has 1 aromatic heterocycles. The van der Waals surface area contributed by atoms with Gasteiger partial charge in [0.15, 0.2) is 18.1 Å². The van der Waals surface area contributed by atoms with Gasteiger partial charge >= 0.3 is 5.97 Å². The molecule has 5 rings (SSSR count). The molecule has 0 unspecified atom stereocenters. The maximum atomic E-state index is 13.0. The molecule has 1 N–H and O–H groups in total. The van der Waals surface area contributed by atoms with E-state index in [1.165, 1.54) is 0 Å². The summed E-state index contributed by atoms with van der Waals surface area (Å²) in [6.07, 6.45) is 3.50. The number of benzene rings is 2. The first-order chi connectivity index (χ1) is 15.6. The van der Waals surface area contributed by atoms with Crippen molar-refractivity contribution < 1.29 is 23.8 Å². The highest BCUT2D eigenvalue weighted by atomic mass is 16.7. The molecule has 32 heavy (non-hydrogen) atoms. The molecule has 1 aliphatic heterocycles. The molecule has 162 valence electrons. The summed E-state index contributed by atoms with van der Waals surface area (Å²) in [5, 5.41) is 3.37. The van der Waals surface area contributed by atoms with E-state index < -0.39 is 5.97 Å². The molecule has 1 aliphatic carbocycles. The number of hydrogen-bond acceptors (Lipinski definition) is 6. The van der Waals surface area contributed by atoms with Crippen LogP contribution in [0.15, 0.2) is 42.5 Å². The Hall–Kier alpha value is -3.87. The van der Waals surface area contributed by atoms with Crippen molar-refractivity contribution in [1.82, 2.24) is 10.3 Å². The van der Waals surface area contributed by atoms with Gasteiger partial charge < -0.3 is 19.5 Å². The number of para-hydroxylation sites is 1. The normalized spacial score (nSPS) is 15.1. The third-order valence-corrected chi connectivity index (χ3v) is 5.59. The number of pyridine rings is 1. The van der Waals surface area contributed by atoms with Crippen molar-refractivity contribution in [2.75, 3.05) is 19.9 Å². The van der Waals surface area contributed by atoms with Crippen LogP contribution in [0.2, 0.25) is 0 Å². The van der Waals surface area contributed by atoms with Gasteiger partial charge in [0.1, 0.15) is 0 Å². The monoisotopic (exact) mass is 430 g/mol. The molecule has 2 heterocycles. The van der Waals surface area contributed by atoms with Crippen LogP contribution < -0.4 is 14.8 Å². The standard InChI is InChI=1S/C25H22N2O5/c1-2-26-22(28)13-30-25(29)23-17-5-3-4-6-19(17)27-24-16(8-9-18(23)24)11-15-7-10-20-21(12-15)32-14-31-20/h3-7,10-12H,2,8-9,13-14H2,1H3,(H,26,28). The quantitative estimate of drug-likeness (QED) is 0.621. The van der Waals surface area contributed by atoms with Gasteiger partial charge in [0.2, 0.25) is 6.79 Å². The summed E-state index contributed by atoms with van der Waals surface area (Å²) in [7, 11) is 0. The number of carbonyl (C=O) groups is 2. The van der Waals surface area contributed by atoms with Crippen molar-refractivity contribution in [3.05, 3.63) is 64.8 Å². The van der Waals surface area contributed by atoms with Crippen LogP contribution in [0.3, 0.4) is 0 Å². The number of esters is 1. The van der Waals surface area contributed by atoms with Gasteiger partial charge in [-0.3, -0.25) is 4.79 Å². The van der Waals surface area contributed by atoms with Gasteiger partial charge in [-0.25, -0.2) is 9.78 Å². The summed E-state index contributed by atoms with van der Waals surface area (Å²) < 4.78 is 16.2. The summed E-state index contributed by atoms with van der Waals surface area (Å²) in [6.45, 7) is 2.22. The van der Waals surface area contributed by atoms with Crippen molar-refractivity contribution in [3.8, 4) is 11.5 Å². The van der Waals surface area contributed by atoms with E-state index in [9.17, 15) is 9.59 Å². The van der Waals surface area contributed by atoms with Crippen LogP contribution in [0.1, 0.15) is 40.5 Å². The van der Waals surface area contributed by atoms with E-state index in [-0.39, 0.29) is 19.3 Å². The van der Waals surface area contributed by atoms with Gasteiger partial charge in [-0.15, -0.1) is 0 Å². The smallest absolute Gasteiger partial charge is 0.339 e. The van der Waals surface area contributed by atoms with Gasteiger partial charge in [-0.05, 0) is 60.7 Å². The second-order valence-corrected chi connectivity index (χ2v) is 7.64. The average molecular weight is 430 g/mol. The molecular weight excluding hydrogens is 408 g/mol. The molecule has 7 nitrogen and oxygen atoms in total. The van der Waals surface area contributed by atoms with Crippen LogP contribution in [-0.4, -0.2) is 36.8 Å². The van der Waals surface area contributed by atoms with Gasteiger partial charge in [0, 0.05) is 11.9 Å². The summed E-state index contributed by atoms with van der Waals surface area (Å²) in [5.74, 6) is 0.633. The zero-order valence-electron chi connectivity index (χ0n) is 17.6. The molecule has 0 bridgehead atoms. The Morgan fingerprint density at radius 3 is 2.84 bits per heavy atom. The largest absolute Gasteiger partial charge is 0.454 e. The summed E-state index contributed by atoms with van der Waals surface area (Å²) >= 11 is 0. The number of hydrogen-bond donors (Lipinski definition) is 1. The Labute approximate surface area is 185 Å². The molecule has 0 atom stereocenters. The molecule has 0 saturated heterocycles. The minimum absolute atomic E-state index is 0.230. The lowest BCUT2D eigenvalue weighted by Crippen LogP contribution is -2.28. The molecular formula is C25H22N2O5. The van der Waals surface area contributed by atoms with Crippen molar-refractivity contribution >= 4 is 34.4 Å². The van der Waals surface area contributed by atoms with E-state index in [0.717, 1.165) is 51.2 Å². The molecule has 3 aromatic rings. The van der Waals surface area contributed by atoms with Crippen molar-refractivity contribution in [2.24, 2.45) is 0 Å². The number of fused-ring (bicyclic) bond motifs is 3. The molecule has 2 aromatic carbocycles. The van der Waals surface area contributed by atoms with E-state index in [1.807, 2.05) is 49.4 Å². The highest BCUT2D eigenvalue weighted by molar-refractivity contribution is 6.07. The number of carbonyl (C=O) groups excluding carboxylic acids is 2. The maximum absolute atomic E-state index is 13.0. The Bertz CT molecular complexity index is 1260. The highest BCUT2D eigenvalue weighted by Crippen LogP contribution is 2.39. The highest BCUT2D eigenvalue weighted by Gasteiger charge is 2.28. The van der Waals surface area contributed by atoms with Crippen LogP contribution in [0.25, 0.3) is 22.6 Å². The van der Waals surface area contributed by atoms with Gasteiger partial charge in [0.05, 0.1) is 16.8 Å². The second kappa shape index (κ2) is 8.34. The fourth-order valence-corrected chi connectivity index (χ4v) is 4.17. The summed E-state index contributed by atoms with van der Waals surface area (Å²) in [5.41, 5.74) is 4.89. The number of ether oxygens (including phenoxy) is 3. The SMILES string of the molecule is CCNC(=O)COC(=O)c1c2c(nc3ccccc13)C(=Cc1ccc3c(c1)OCO3)CC2. The van der Waals surface area contributed by atoms with Crippen molar-refractivity contribution in [3.63, 3.8) is 0 Å². The number of nitrogens with one attached hydrogen (secondary N) is 1. The van der Waals surface area contributed by atoms with Crippen LogP contribution in [0.5, 0.6) is 11.5 Å². The number of allylic oxidation sites excluding steroid dienone is 1. The summed E-state index contributed by atoms with van der Waals surface area (Å²) in [4.78, 5) is 29.7. The van der Waals surface area contributed by atoms with Crippen LogP contribution in [0.4, 0.5) is 0 Å². The zero-order valence-corrected chi connectivity index (χ0v) is 17.6. The van der Waals surface area contributed by atoms with Gasteiger partial charge in [-0.2, -0.15) is 0 Å².